The molecule has 0 aromatic carbocycles. The molecule has 0 fully saturated rings. The molecule has 0 bridgehead atoms. The molecule has 0 saturated carbocycles. The molecule has 14 heavy (non-hydrogen) atoms. The van der Waals surface area contributed by atoms with Gasteiger partial charge in [0.1, 0.15) is 6.04 Å². The highest BCUT2D eigenvalue weighted by Crippen LogP contribution is 2.19. The predicted molar refractivity (Wildman–Crippen MR) is 58.3 cm³/mol. The van der Waals surface area contributed by atoms with Gasteiger partial charge in [0.25, 0.3) is 0 Å². The van der Waals surface area contributed by atoms with E-state index in [1.54, 1.807) is 6.92 Å². The molecular weight excluding hydrogens is 178 g/mol. The monoisotopic (exact) mass is 201 g/mol. The molecular formula is C11H23NO2. The fourth-order valence-electron chi connectivity index (χ4n) is 1.64. The highest BCUT2D eigenvalue weighted by molar-refractivity contribution is 5.72. The van der Waals surface area contributed by atoms with E-state index in [9.17, 15) is 4.79 Å². The Morgan fingerprint density at radius 2 is 1.57 bits per heavy atom. The molecule has 2 N–H and O–H groups in total. The maximum atomic E-state index is 10.6. The molecule has 84 valence electrons. The zero-order valence-corrected chi connectivity index (χ0v) is 9.87. The van der Waals surface area contributed by atoms with Crippen molar-refractivity contribution in [1.29, 1.82) is 0 Å². The second-order valence-electron chi connectivity index (χ2n) is 4.62. The van der Waals surface area contributed by atoms with Crippen LogP contribution in [0.5, 0.6) is 0 Å². The Bertz CT molecular complexity index is 170. The summed E-state index contributed by atoms with van der Waals surface area (Å²) in [6, 6.07) is -0.449. The van der Waals surface area contributed by atoms with Crippen molar-refractivity contribution >= 4 is 5.97 Å². The smallest absolute Gasteiger partial charge is 0.320 e. The van der Waals surface area contributed by atoms with Crippen LogP contribution < -0.4 is 5.32 Å². The first-order valence-electron chi connectivity index (χ1n) is 5.32. The van der Waals surface area contributed by atoms with Crippen molar-refractivity contribution in [3.05, 3.63) is 0 Å². The predicted octanol–water partition coefficient (Wildman–Crippen LogP) is 1.98. The Labute approximate surface area is 86.9 Å². The van der Waals surface area contributed by atoms with Crippen molar-refractivity contribution in [2.45, 2.75) is 40.7 Å². The van der Waals surface area contributed by atoms with Crippen molar-refractivity contribution in [2.24, 2.45) is 17.8 Å². The Morgan fingerprint density at radius 3 is 1.86 bits per heavy atom. The van der Waals surface area contributed by atoms with E-state index in [0.29, 0.717) is 17.8 Å². The summed E-state index contributed by atoms with van der Waals surface area (Å²) in [7, 11) is 0. The Balaban J connectivity index is 4.00. The van der Waals surface area contributed by atoms with Gasteiger partial charge in [-0.05, 0) is 31.2 Å². The maximum Gasteiger partial charge on any atom is 0.320 e. The van der Waals surface area contributed by atoms with Gasteiger partial charge in [-0.15, -0.1) is 0 Å². The normalized spacial score (nSPS) is 14.0. The third-order valence-electron chi connectivity index (χ3n) is 2.74. The summed E-state index contributed by atoms with van der Waals surface area (Å²) in [6.45, 7) is 11.2. The minimum absolute atomic E-state index is 0.449. The zero-order valence-electron chi connectivity index (χ0n) is 9.87. The molecule has 3 nitrogen and oxygen atoms in total. The second-order valence-corrected chi connectivity index (χ2v) is 4.62. The molecule has 0 aliphatic carbocycles. The Morgan fingerprint density at radius 1 is 1.14 bits per heavy atom. The molecule has 1 atom stereocenters. The summed E-state index contributed by atoms with van der Waals surface area (Å²) in [5.74, 6) is 0.931. The number of rotatable bonds is 6. The molecule has 0 spiro atoms. The van der Waals surface area contributed by atoms with Gasteiger partial charge in [-0.2, -0.15) is 0 Å². The van der Waals surface area contributed by atoms with E-state index in [2.05, 4.69) is 33.0 Å². The SMILES string of the molecule is CC(NCC(C(C)C)C(C)C)C(=O)O. The number of carbonyl (C=O) groups is 1. The second kappa shape index (κ2) is 6.02. The van der Waals surface area contributed by atoms with Gasteiger partial charge in [0.05, 0.1) is 0 Å². The Kier molecular flexibility index (Phi) is 5.77. The van der Waals surface area contributed by atoms with Crippen molar-refractivity contribution < 1.29 is 9.90 Å². The van der Waals surface area contributed by atoms with Gasteiger partial charge in [0.15, 0.2) is 0 Å². The first kappa shape index (κ1) is 13.4. The number of nitrogens with one attached hydrogen (secondary N) is 1. The van der Waals surface area contributed by atoms with Gasteiger partial charge in [-0.25, -0.2) is 0 Å². The summed E-state index contributed by atoms with van der Waals surface area (Å²) in [4.78, 5) is 10.6. The highest BCUT2D eigenvalue weighted by atomic mass is 16.4. The van der Waals surface area contributed by atoms with Gasteiger partial charge >= 0.3 is 5.97 Å². The van der Waals surface area contributed by atoms with Crippen LogP contribution in [-0.2, 0) is 4.79 Å². The summed E-state index contributed by atoms with van der Waals surface area (Å²) in [5, 5.41) is 11.8. The standard InChI is InChI=1S/C11H23NO2/c1-7(2)10(8(3)4)6-12-9(5)11(13)14/h7-10,12H,6H2,1-5H3,(H,13,14). The average Bonchev–Trinajstić information content (AvgIpc) is 2.02. The molecule has 0 aromatic heterocycles. The largest absolute Gasteiger partial charge is 0.480 e. The van der Waals surface area contributed by atoms with Gasteiger partial charge in [-0.3, -0.25) is 4.79 Å². The molecule has 3 heteroatoms. The van der Waals surface area contributed by atoms with Crippen LogP contribution in [0.15, 0.2) is 0 Å². The zero-order chi connectivity index (χ0) is 11.3. The number of aliphatic carboxylic acids is 1. The van der Waals surface area contributed by atoms with E-state index in [1.807, 2.05) is 0 Å². The number of hydrogen-bond acceptors (Lipinski definition) is 2. The van der Waals surface area contributed by atoms with Crippen LogP contribution in [0, 0.1) is 17.8 Å². The lowest BCUT2D eigenvalue weighted by atomic mass is 9.85. The van der Waals surface area contributed by atoms with Crippen LogP contribution in [0.25, 0.3) is 0 Å². The third kappa shape index (κ3) is 4.61. The van der Waals surface area contributed by atoms with E-state index in [0.717, 1.165) is 6.54 Å². The highest BCUT2D eigenvalue weighted by Gasteiger charge is 2.19. The minimum Gasteiger partial charge on any atom is -0.480 e. The van der Waals surface area contributed by atoms with Gasteiger partial charge in [0, 0.05) is 0 Å². The van der Waals surface area contributed by atoms with Crippen LogP contribution in [0.1, 0.15) is 34.6 Å². The topological polar surface area (TPSA) is 49.3 Å². The van der Waals surface area contributed by atoms with Gasteiger partial charge in [-0.1, -0.05) is 27.7 Å². The molecule has 0 heterocycles. The number of carboxylic acids is 1. The number of hydrogen-bond donors (Lipinski definition) is 2. The fraction of sp³-hybridized carbons (Fsp3) is 0.909. The molecule has 0 aliphatic heterocycles. The third-order valence-corrected chi connectivity index (χ3v) is 2.74. The lowest BCUT2D eigenvalue weighted by molar-refractivity contribution is -0.139. The van der Waals surface area contributed by atoms with Crippen molar-refractivity contribution in [3.8, 4) is 0 Å². The molecule has 1 unspecified atom stereocenters. The van der Waals surface area contributed by atoms with E-state index in [1.165, 1.54) is 0 Å². The van der Waals surface area contributed by atoms with Crippen molar-refractivity contribution in [3.63, 3.8) is 0 Å². The minimum atomic E-state index is -0.781. The van der Waals surface area contributed by atoms with Crippen LogP contribution in [0.3, 0.4) is 0 Å². The summed E-state index contributed by atoms with van der Waals surface area (Å²) in [6.07, 6.45) is 0. The average molecular weight is 201 g/mol. The van der Waals surface area contributed by atoms with Crippen LogP contribution in [0.4, 0.5) is 0 Å². The number of carboxylic acid groups (broad SMARTS) is 1. The Hall–Kier alpha value is -0.570. The first-order chi connectivity index (χ1) is 6.36. The molecule has 0 saturated heterocycles. The molecule has 0 aliphatic rings. The maximum absolute atomic E-state index is 10.6. The van der Waals surface area contributed by atoms with Gasteiger partial charge < -0.3 is 10.4 Å². The summed E-state index contributed by atoms with van der Waals surface area (Å²) in [5.41, 5.74) is 0. The lowest BCUT2D eigenvalue weighted by Crippen LogP contribution is -2.39. The fourth-order valence-corrected chi connectivity index (χ4v) is 1.64. The van der Waals surface area contributed by atoms with Crippen molar-refractivity contribution in [1.82, 2.24) is 5.32 Å². The first-order valence-corrected chi connectivity index (χ1v) is 5.32. The van der Waals surface area contributed by atoms with Crippen LogP contribution in [-0.4, -0.2) is 23.7 Å². The van der Waals surface area contributed by atoms with E-state index in [4.69, 9.17) is 5.11 Å². The lowest BCUT2D eigenvalue weighted by Gasteiger charge is -2.26. The van der Waals surface area contributed by atoms with Gasteiger partial charge in [0.2, 0.25) is 0 Å². The van der Waals surface area contributed by atoms with Crippen molar-refractivity contribution in [2.75, 3.05) is 6.54 Å². The van der Waals surface area contributed by atoms with E-state index in [-0.39, 0.29) is 0 Å². The van der Waals surface area contributed by atoms with Crippen LogP contribution >= 0.6 is 0 Å². The van der Waals surface area contributed by atoms with E-state index >= 15 is 0 Å². The van der Waals surface area contributed by atoms with Crippen LogP contribution in [0.2, 0.25) is 0 Å². The molecule has 0 aromatic rings. The molecule has 0 radical (unpaired) electrons. The molecule has 0 amide bonds. The molecule has 0 rings (SSSR count). The van der Waals surface area contributed by atoms with E-state index < -0.39 is 12.0 Å². The summed E-state index contributed by atoms with van der Waals surface area (Å²) < 4.78 is 0. The quantitative estimate of drug-likeness (QED) is 0.691. The summed E-state index contributed by atoms with van der Waals surface area (Å²) >= 11 is 0.